The quantitative estimate of drug-likeness (QED) is 0.521. The molecule has 0 saturated heterocycles. The maximum Gasteiger partial charge on any atom is 0.264 e. The third kappa shape index (κ3) is 3.27. The molecule has 8 heteroatoms. The number of anilines is 1. The molecule has 3 aromatic carbocycles. The van der Waals surface area contributed by atoms with Crippen LogP contribution in [0.15, 0.2) is 93.5 Å². The second kappa shape index (κ2) is 7.10. The molecule has 1 aliphatic rings. The van der Waals surface area contributed by atoms with Gasteiger partial charge in [-0.2, -0.15) is 0 Å². The minimum atomic E-state index is -3.79. The molecule has 0 unspecified atom stereocenters. The van der Waals surface area contributed by atoms with Crippen molar-refractivity contribution in [2.45, 2.75) is 4.90 Å². The van der Waals surface area contributed by atoms with Crippen LogP contribution in [0.25, 0.3) is 17.0 Å². The van der Waals surface area contributed by atoms with E-state index in [1.54, 1.807) is 42.5 Å². The van der Waals surface area contributed by atoms with Gasteiger partial charge in [0.05, 0.1) is 21.3 Å². The fourth-order valence-electron chi connectivity index (χ4n) is 3.54. The number of aromatic amines is 1. The van der Waals surface area contributed by atoms with E-state index in [2.05, 4.69) is 15.0 Å². The molecular weight excluding hydrogens is 412 g/mol. The highest BCUT2D eigenvalue weighted by molar-refractivity contribution is 7.92. The van der Waals surface area contributed by atoms with Crippen molar-refractivity contribution in [3.63, 3.8) is 0 Å². The van der Waals surface area contributed by atoms with Gasteiger partial charge in [-0.25, -0.2) is 18.4 Å². The smallest absolute Gasteiger partial charge is 0.264 e. The number of benzene rings is 3. The molecule has 5 rings (SSSR count). The van der Waals surface area contributed by atoms with Crippen molar-refractivity contribution in [3.05, 3.63) is 94.9 Å². The number of rotatable bonds is 4. The van der Waals surface area contributed by atoms with Gasteiger partial charge >= 0.3 is 0 Å². The predicted octanol–water partition coefficient (Wildman–Crippen LogP) is 2.95. The third-order valence-corrected chi connectivity index (χ3v) is 6.97. The fraction of sp³-hybridized carbons (Fsp3) is 0.0435. The summed E-state index contributed by atoms with van der Waals surface area (Å²) < 4.78 is 27.6. The first-order chi connectivity index (χ1) is 14.9. The molecule has 0 aliphatic carbocycles. The minimum Gasteiger partial charge on any atom is -0.494 e. The summed E-state index contributed by atoms with van der Waals surface area (Å²) in [5, 5.41) is 12.5. The topological polar surface area (TPSA) is 98.1 Å². The van der Waals surface area contributed by atoms with Crippen molar-refractivity contribution in [2.24, 2.45) is 9.98 Å². The Morgan fingerprint density at radius 3 is 2.26 bits per heavy atom. The van der Waals surface area contributed by atoms with Crippen molar-refractivity contribution in [2.75, 3.05) is 11.4 Å². The molecule has 2 heterocycles. The van der Waals surface area contributed by atoms with E-state index >= 15 is 0 Å². The van der Waals surface area contributed by atoms with E-state index in [-0.39, 0.29) is 10.8 Å². The van der Waals surface area contributed by atoms with E-state index in [1.807, 2.05) is 30.3 Å². The van der Waals surface area contributed by atoms with Gasteiger partial charge in [0, 0.05) is 23.5 Å². The van der Waals surface area contributed by atoms with E-state index in [1.165, 1.54) is 17.4 Å². The largest absolute Gasteiger partial charge is 0.494 e. The first-order valence-corrected chi connectivity index (χ1v) is 11.0. The van der Waals surface area contributed by atoms with Gasteiger partial charge in [0.1, 0.15) is 0 Å². The average molecular weight is 430 g/mol. The Hall–Kier alpha value is -3.91. The van der Waals surface area contributed by atoms with Crippen molar-refractivity contribution in [3.8, 4) is 5.88 Å². The number of fused-ring (bicyclic) bond motifs is 2. The number of hydrogen-bond donors (Lipinski definition) is 2. The normalized spacial score (nSPS) is 12.9. The fourth-order valence-corrected chi connectivity index (χ4v) is 4.76. The van der Waals surface area contributed by atoms with Gasteiger partial charge in [-0.3, -0.25) is 4.31 Å². The highest BCUT2D eigenvalue weighted by Gasteiger charge is 2.23. The van der Waals surface area contributed by atoms with Gasteiger partial charge in [0.2, 0.25) is 0 Å². The molecule has 2 N–H and O–H groups in total. The number of nitrogens with one attached hydrogen (secondary N) is 1. The van der Waals surface area contributed by atoms with Gasteiger partial charge in [-0.15, -0.1) is 0 Å². The van der Waals surface area contributed by atoms with Crippen LogP contribution < -0.4 is 15.0 Å². The predicted molar refractivity (Wildman–Crippen MR) is 119 cm³/mol. The molecule has 0 amide bonds. The number of nitrogens with zero attached hydrogens (tertiary/aromatic N) is 3. The zero-order chi connectivity index (χ0) is 21.6. The zero-order valence-electron chi connectivity index (χ0n) is 16.5. The van der Waals surface area contributed by atoms with Crippen LogP contribution in [0, 0.1) is 0 Å². The van der Waals surface area contributed by atoms with E-state index in [0.717, 1.165) is 10.7 Å². The van der Waals surface area contributed by atoms with Gasteiger partial charge in [0.15, 0.2) is 11.7 Å². The summed E-state index contributed by atoms with van der Waals surface area (Å²) in [4.78, 5) is 11.9. The van der Waals surface area contributed by atoms with Crippen LogP contribution in [0.4, 0.5) is 5.69 Å². The number of H-pyrrole nitrogens is 1. The number of aromatic hydroxyl groups is 1. The lowest BCUT2D eigenvalue weighted by molar-refractivity contribution is 0.457. The molecule has 1 aromatic heterocycles. The van der Waals surface area contributed by atoms with Crippen LogP contribution in [0.1, 0.15) is 5.56 Å². The second-order valence-corrected chi connectivity index (χ2v) is 9.09. The molecule has 0 saturated carbocycles. The Morgan fingerprint density at radius 2 is 1.58 bits per heavy atom. The van der Waals surface area contributed by atoms with Crippen molar-refractivity contribution in [1.82, 2.24) is 4.98 Å². The minimum absolute atomic E-state index is 0.0742. The summed E-state index contributed by atoms with van der Waals surface area (Å²) in [6, 6.07) is 21.0. The monoisotopic (exact) mass is 430 g/mol. The van der Waals surface area contributed by atoms with E-state index in [9.17, 15) is 13.5 Å². The Balaban J connectivity index is 1.61. The summed E-state index contributed by atoms with van der Waals surface area (Å²) in [5.74, 6) is 0.363. The first kappa shape index (κ1) is 19.1. The maximum absolute atomic E-state index is 13.2. The van der Waals surface area contributed by atoms with E-state index in [0.29, 0.717) is 28.0 Å². The second-order valence-electron chi connectivity index (χ2n) is 7.12. The summed E-state index contributed by atoms with van der Waals surface area (Å²) in [7, 11) is -2.28. The molecule has 0 spiro atoms. The van der Waals surface area contributed by atoms with Crippen molar-refractivity contribution >= 4 is 32.7 Å². The molecule has 7 nitrogen and oxygen atoms in total. The number of hydrogen-bond acceptors (Lipinski definition) is 5. The summed E-state index contributed by atoms with van der Waals surface area (Å²) in [6.45, 7) is 0. The van der Waals surface area contributed by atoms with Crippen LogP contribution in [0.5, 0.6) is 5.88 Å². The van der Waals surface area contributed by atoms with Gasteiger partial charge in [-0.05, 0) is 48.5 Å². The van der Waals surface area contributed by atoms with E-state index in [4.69, 9.17) is 0 Å². The Labute approximate surface area is 178 Å². The van der Waals surface area contributed by atoms with Gasteiger partial charge in [-0.1, -0.05) is 30.3 Å². The lowest BCUT2D eigenvalue weighted by atomic mass is 10.1. The molecule has 154 valence electrons. The van der Waals surface area contributed by atoms with Crippen LogP contribution in [-0.2, 0) is 10.0 Å². The van der Waals surface area contributed by atoms with Crippen LogP contribution >= 0.6 is 0 Å². The van der Waals surface area contributed by atoms with Gasteiger partial charge < -0.3 is 10.1 Å². The highest BCUT2D eigenvalue weighted by Crippen LogP contribution is 2.32. The molecule has 0 fully saturated rings. The lowest BCUT2D eigenvalue weighted by Crippen LogP contribution is -2.26. The molecule has 0 radical (unpaired) electrons. The standard InChI is InChI=1S/C23H18N4O3S/c1-27(15-7-3-2-4-8-15)31(29,30)16-11-12-19-17(13-16)18(23(28)26-19)14-22-24-20-9-5-6-10-21(20)25-22/h2-14,26,28H,1H3. The van der Waals surface area contributed by atoms with Crippen LogP contribution in [-0.4, -0.2) is 25.6 Å². The summed E-state index contributed by atoms with van der Waals surface area (Å²) in [6.07, 6.45) is 1.64. The number of para-hydroxylation sites is 3. The lowest BCUT2D eigenvalue weighted by Gasteiger charge is -2.19. The molecule has 0 atom stereocenters. The Morgan fingerprint density at radius 1 is 0.935 bits per heavy atom. The molecule has 0 bridgehead atoms. The first-order valence-electron chi connectivity index (χ1n) is 9.56. The number of aromatic nitrogens is 1. The summed E-state index contributed by atoms with van der Waals surface area (Å²) in [5.41, 5.74) is 1.61. The van der Waals surface area contributed by atoms with Crippen LogP contribution in [0.2, 0.25) is 0 Å². The average Bonchev–Trinajstić information content (AvgIpc) is 3.33. The maximum atomic E-state index is 13.2. The molecule has 1 aliphatic heterocycles. The summed E-state index contributed by atoms with van der Waals surface area (Å²) >= 11 is 0. The van der Waals surface area contributed by atoms with Crippen LogP contribution in [0.3, 0.4) is 0 Å². The highest BCUT2D eigenvalue weighted by atomic mass is 32.2. The Kier molecular flexibility index (Phi) is 4.37. The zero-order valence-corrected chi connectivity index (χ0v) is 17.3. The molecule has 4 aromatic rings. The molecular formula is C23H18N4O3S. The van der Waals surface area contributed by atoms with Gasteiger partial charge in [0.25, 0.3) is 10.0 Å². The number of sulfonamides is 1. The Bertz CT molecular complexity index is 1540. The van der Waals surface area contributed by atoms with Crippen molar-refractivity contribution in [1.29, 1.82) is 0 Å². The van der Waals surface area contributed by atoms with E-state index < -0.39 is 10.0 Å². The SMILES string of the molecule is CN(c1ccccc1)S(=O)(=O)c1ccc2[nH]c(O)c(C=C3N=c4ccccc4=N3)c2c1. The van der Waals surface area contributed by atoms with Crippen molar-refractivity contribution < 1.29 is 13.5 Å². The third-order valence-electron chi connectivity index (χ3n) is 5.19. The molecule has 31 heavy (non-hydrogen) atoms.